The maximum atomic E-state index is 12.3. The first-order valence-electron chi connectivity index (χ1n) is 5.65. The standard InChI is InChI=1S/C12H16O3/c1-11-5-8(13)6-4-12(2,10(11)15)9(14)3-7(6)11/h6-7,9,14H,3-5H2,1-2H3/t6-,7+,9-,11+,12+/m1/s1. The lowest BCUT2D eigenvalue weighted by molar-refractivity contribution is -0.171. The first-order valence-corrected chi connectivity index (χ1v) is 5.65. The summed E-state index contributed by atoms with van der Waals surface area (Å²) in [4.78, 5) is 24.1. The summed E-state index contributed by atoms with van der Waals surface area (Å²) < 4.78 is 0. The van der Waals surface area contributed by atoms with E-state index in [1.54, 1.807) is 0 Å². The Hall–Kier alpha value is -0.700. The molecule has 82 valence electrons. The molecule has 4 rings (SSSR count). The highest BCUT2D eigenvalue weighted by molar-refractivity contribution is 6.02. The van der Waals surface area contributed by atoms with Gasteiger partial charge in [0, 0.05) is 17.8 Å². The van der Waals surface area contributed by atoms with Crippen LogP contribution >= 0.6 is 0 Å². The maximum absolute atomic E-state index is 12.3. The van der Waals surface area contributed by atoms with Crippen LogP contribution < -0.4 is 0 Å². The molecule has 0 aromatic rings. The van der Waals surface area contributed by atoms with Crippen molar-refractivity contribution in [1.82, 2.24) is 0 Å². The number of aliphatic hydroxyl groups excluding tert-OH is 1. The average Bonchev–Trinajstić information content (AvgIpc) is 2.36. The minimum Gasteiger partial charge on any atom is -0.392 e. The van der Waals surface area contributed by atoms with E-state index in [0.717, 1.165) is 0 Å². The van der Waals surface area contributed by atoms with E-state index in [9.17, 15) is 14.7 Å². The summed E-state index contributed by atoms with van der Waals surface area (Å²) in [7, 11) is 0. The molecule has 0 aliphatic heterocycles. The Kier molecular flexibility index (Phi) is 1.49. The van der Waals surface area contributed by atoms with E-state index in [-0.39, 0.29) is 23.4 Å². The third-order valence-corrected chi connectivity index (χ3v) is 5.15. The van der Waals surface area contributed by atoms with Gasteiger partial charge in [-0.1, -0.05) is 13.8 Å². The molecule has 4 saturated carbocycles. The average molecular weight is 208 g/mol. The Labute approximate surface area is 88.9 Å². The summed E-state index contributed by atoms with van der Waals surface area (Å²) in [5.41, 5.74) is -1.12. The van der Waals surface area contributed by atoms with E-state index in [0.29, 0.717) is 19.3 Å². The number of Topliss-reactive ketones (excluding diaryl/α,β-unsaturated/α-hetero) is 2. The molecule has 0 aromatic carbocycles. The fraction of sp³-hybridized carbons (Fsp3) is 0.833. The zero-order chi connectivity index (χ0) is 11.0. The summed E-state index contributed by atoms with van der Waals surface area (Å²) in [6.07, 6.45) is 1.08. The molecule has 4 bridgehead atoms. The smallest absolute Gasteiger partial charge is 0.147 e. The normalized spacial score (nSPS) is 57.7. The Morgan fingerprint density at radius 1 is 1.27 bits per heavy atom. The van der Waals surface area contributed by atoms with Gasteiger partial charge in [0.2, 0.25) is 0 Å². The summed E-state index contributed by atoms with van der Waals surface area (Å²) in [6, 6.07) is 0. The first-order chi connectivity index (χ1) is 6.89. The molecule has 0 spiro atoms. The highest BCUT2D eigenvalue weighted by atomic mass is 16.3. The molecule has 0 radical (unpaired) electrons. The lowest BCUT2D eigenvalue weighted by Crippen LogP contribution is -2.60. The van der Waals surface area contributed by atoms with Gasteiger partial charge >= 0.3 is 0 Å². The number of fused-ring (bicyclic) bond motifs is 1. The van der Waals surface area contributed by atoms with Crippen LogP contribution in [0.1, 0.15) is 33.1 Å². The molecule has 0 amide bonds. The number of hydrogen-bond donors (Lipinski definition) is 1. The summed E-state index contributed by atoms with van der Waals surface area (Å²) in [6.45, 7) is 3.75. The zero-order valence-electron chi connectivity index (χ0n) is 9.12. The van der Waals surface area contributed by atoms with Gasteiger partial charge in [-0.15, -0.1) is 0 Å². The quantitative estimate of drug-likeness (QED) is 0.644. The van der Waals surface area contributed by atoms with E-state index in [4.69, 9.17) is 0 Å². The third-order valence-electron chi connectivity index (χ3n) is 5.15. The third kappa shape index (κ3) is 0.828. The minimum atomic E-state index is -0.652. The van der Waals surface area contributed by atoms with Crippen molar-refractivity contribution in [2.45, 2.75) is 39.2 Å². The lowest BCUT2D eigenvalue weighted by atomic mass is 9.49. The Bertz CT molecular complexity index is 375. The number of ketones is 2. The van der Waals surface area contributed by atoms with E-state index in [2.05, 4.69) is 0 Å². The van der Waals surface area contributed by atoms with Crippen LogP contribution in [-0.2, 0) is 9.59 Å². The fourth-order valence-corrected chi connectivity index (χ4v) is 4.21. The molecule has 15 heavy (non-hydrogen) atoms. The Morgan fingerprint density at radius 2 is 1.93 bits per heavy atom. The second kappa shape index (κ2) is 2.34. The van der Waals surface area contributed by atoms with Crippen molar-refractivity contribution in [3.05, 3.63) is 0 Å². The predicted octanol–water partition coefficient (Wildman–Crippen LogP) is 0.942. The van der Waals surface area contributed by atoms with Crippen LogP contribution in [0, 0.1) is 22.7 Å². The van der Waals surface area contributed by atoms with Crippen molar-refractivity contribution in [2.24, 2.45) is 22.7 Å². The molecule has 5 atom stereocenters. The van der Waals surface area contributed by atoms with Crippen LogP contribution in [0.5, 0.6) is 0 Å². The highest BCUT2D eigenvalue weighted by Crippen LogP contribution is 2.64. The van der Waals surface area contributed by atoms with E-state index < -0.39 is 16.9 Å². The lowest BCUT2D eigenvalue weighted by Gasteiger charge is -2.54. The molecule has 0 saturated heterocycles. The molecule has 4 fully saturated rings. The SMILES string of the molecule is C[C@@]12C[C@H]3C(=O)C[C@](C)(C1=O)[C@H]3C[C@H]2O. The minimum absolute atomic E-state index is 0.0427. The molecular formula is C12H16O3. The van der Waals surface area contributed by atoms with Crippen LogP contribution in [0.3, 0.4) is 0 Å². The molecule has 0 heterocycles. The zero-order valence-corrected chi connectivity index (χ0v) is 9.12. The molecule has 4 aliphatic carbocycles. The van der Waals surface area contributed by atoms with Gasteiger partial charge in [0.15, 0.2) is 0 Å². The van der Waals surface area contributed by atoms with Crippen molar-refractivity contribution in [3.8, 4) is 0 Å². The molecule has 0 aromatic heterocycles. The number of aliphatic hydroxyl groups is 1. The summed E-state index contributed by atoms with van der Waals surface area (Å²) >= 11 is 0. The number of carbonyl (C=O) groups excluding carboxylic acids is 2. The van der Waals surface area contributed by atoms with Crippen molar-refractivity contribution in [2.75, 3.05) is 0 Å². The molecular weight excluding hydrogens is 192 g/mol. The summed E-state index contributed by atoms with van der Waals surface area (Å²) in [5.74, 6) is 0.516. The van der Waals surface area contributed by atoms with Gasteiger partial charge in [-0.3, -0.25) is 9.59 Å². The van der Waals surface area contributed by atoms with Crippen molar-refractivity contribution in [1.29, 1.82) is 0 Å². The second-order valence-corrected chi connectivity index (χ2v) is 5.98. The molecule has 3 heteroatoms. The largest absolute Gasteiger partial charge is 0.392 e. The van der Waals surface area contributed by atoms with Gasteiger partial charge in [0.1, 0.15) is 11.6 Å². The topological polar surface area (TPSA) is 54.4 Å². The van der Waals surface area contributed by atoms with E-state index in [1.807, 2.05) is 13.8 Å². The number of rotatable bonds is 0. The van der Waals surface area contributed by atoms with Gasteiger partial charge in [0.25, 0.3) is 0 Å². The van der Waals surface area contributed by atoms with Crippen LogP contribution in [0.15, 0.2) is 0 Å². The Balaban J connectivity index is 2.17. The maximum Gasteiger partial charge on any atom is 0.147 e. The molecule has 1 N–H and O–H groups in total. The number of carbonyl (C=O) groups is 2. The van der Waals surface area contributed by atoms with Crippen LogP contribution in [-0.4, -0.2) is 22.8 Å². The Morgan fingerprint density at radius 3 is 2.60 bits per heavy atom. The summed E-state index contributed by atoms with van der Waals surface area (Å²) in [5, 5.41) is 9.96. The van der Waals surface area contributed by atoms with Crippen LogP contribution in [0.2, 0.25) is 0 Å². The van der Waals surface area contributed by atoms with Gasteiger partial charge in [-0.25, -0.2) is 0 Å². The van der Waals surface area contributed by atoms with Gasteiger partial charge in [-0.05, 0) is 18.8 Å². The predicted molar refractivity (Wildman–Crippen MR) is 53.1 cm³/mol. The van der Waals surface area contributed by atoms with Crippen molar-refractivity contribution in [3.63, 3.8) is 0 Å². The monoisotopic (exact) mass is 208 g/mol. The fourth-order valence-electron chi connectivity index (χ4n) is 4.21. The van der Waals surface area contributed by atoms with Crippen molar-refractivity contribution >= 4 is 11.6 Å². The van der Waals surface area contributed by atoms with Crippen LogP contribution in [0.25, 0.3) is 0 Å². The van der Waals surface area contributed by atoms with Gasteiger partial charge < -0.3 is 5.11 Å². The van der Waals surface area contributed by atoms with Crippen LogP contribution in [0.4, 0.5) is 0 Å². The van der Waals surface area contributed by atoms with Crippen molar-refractivity contribution < 1.29 is 14.7 Å². The molecule has 4 aliphatic rings. The van der Waals surface area contributed by atoms with Gasteiger partial charge in [0.05, 0.1) is 11.5 Å². The van der Waals surface area contributed by atoms with Gasteiger partial charge in [-0.2, -0.15) is 0 Å². The second-order valence-electron chi connectivity index (χ2n) is 5.98. The van der Waals surface area contributed by atoms with E-state index in [1.165, 1.54) is 0 Å². The highest BCUT2D eigenvalue weighted by Gasteiger charge is 2.69. The van der Waals surface area contributed by atoms with E-state index >= 15 is 0 Å². The molecule has 3 nitrogen and oxygen atoms in total. The first kappa shape index (κ1) is 9.52. The molecule has 0 unspecified atom stereocenters. The number of hydrogen-bond acceptors (Lipinski definition) is 3.